The van der Waals surface area contributed by atoms with Crippen molar-refractivity contribution in [1.82, 2.24) is 9.88 Å². The number of nitrogens with zero attached hydrogens (tertiary/aromatic N) is 3. The molecule has 0 spiro atoms. The van der Waals surface area contributed by atoms with Gasteiger partial charge in [-0.25, -0.2) is 4.98 Å². The molecular formula is C25H30F3N4OS+. The van der Waals surface area contributed by atoms with Crippen LogP contribution in [0.15, 0.2) is 53.9 Å². The molecular weight excluding hydrogens is 461 g/mol. The SMILES string of the molecule is CC.C[N+]1(C)CCN(C(=O)c2cccc(-c3csc(Nc4cccc(C(F)(F)F)c4)n3)c2)CC1. The number of likely N-dealkylation sites (N-methyl/N-ethyl adjacent to an activating group) is 1. The number of hydrogen-bond donors (Lipinski definition) is 1. The number of amides is 1. The first-order chi connectivity index (χ1) is 16.1. The van der Waals surface area contributed by atoms with Crippen LogP contribution in [-0.2, 0) is 6.18 Å². The molecule has 1 aliphatic heterocycles. The highest BCUT2D eigenvalue weighted by molar-refractivity contribution is 7.14. The van der Waals surface area contributed by atoms with Crippen molar-refractivity contribution in [3.63, 3.8) is 0 Å². The van der Waals surface area contributed by atoms with E-state index in [2.05, 4.69) is 24.4 Å². The number of quaternary nitrogens is 1. The molecule has 5 nitrogen and oxygen atoms in total. The van der Waals surface area contributed by atoms with Gasteiger partial charge >= 0.3 is 6.18 Å². The zero-order valence-electron chi connectivity index (χ0n) is 19.8. The lowest BCUT2D eigenvalue weighted by atomic mass is 10.1. The van der Waals surface area contributed by atoms with Crippen LogP contribution in [-0.4, -0.2) is 60.5 Å². The molecule has 0 atom stereocenters. The van der Waals surface area contributed by atoms with E-state index < -0.39 is 11.7 Å². The van der Waals surface area contributed by atoms with Gasteiger partial charge in [0.05, 0.1) is 51.5 Å². The number of piperazine rings is 1. The highest BCUT2D eigenvalue weighted by atomic mass is 32.1. The van der Waals surface area contributed by atoms with Gasteiger partial charge in [0.25, 0.3) is 5.91 Å². The van der Waals surface area contributed by atoms with E-state index in [1.165, 1.54) is 17.4 Å². The minimum Gasteiger partial charge on any atom is -0.332 e. The van der Waals surface area contributed by atoms with E-state index in [0.29, 0.717) is 22.1 Å². The maximum Gasteiger partial charge on any atom is 0.416 e. The molecule has 0 radical (unpaired) electrons. The highest BCUT2D eigenvalue weighted by Gasteiger charge is 2.30. The number of benzene rings is 2. The van der Waals surface area contributed by atoms with E-state index in [1.807, 2.05) is 42.3 Å². The topological polar surface area (TPSA) is 45.2 Å². The standard InChI is InChI=1S/C23H24F3N4OS.C2H6/c1-30(2)11-9-29(10-12-30)21(31)17-6-3-5-16(13-17)20-15-32-22(28-20)27-19-8-4-7-18(14-19)23(24,25)26;1-2/h3-8,13-15H,9-12H2,1-2H3,(H,27,28);1-2H3/q+1;. The van der Waals surface area contributed by atoms with Gasteiger partial charge < -0.3 is 14.7 Å². The van der Waals surface area contributed by atoms with Gasteiger partial charge in [-0.1, -0.05) is 32.0 Å². The summed E-state index contributed by atoms with van der Waals surface area (Å²) in [4.78, 5) is 19.3. The van der Waals surface area contributed by atoms with Crippen LogP contribution in [0.1, 0.15) is 29.8 Å². The molecule has 0 unspecified atom stereocenters. The molecule has 1 aliphatic rings. The van der Waals surface area contributed by atoms with Crippen LogP contribution in [0.4, 0.5) is 24.0 Å². The van der Waals surface area contributed by atoms with E-state index in [-0.39, 0.29) is 5.91 Å². The van der Waals surface area contributed by atoms with Gasteiger partial charge in [-0.2, -0.15) is 13.2 Å². The summed E-state index contributed by atoms with van der Waals surface area (Å²) in [7, 11) is 4.32. The molecule has 1 fully saturated rings. The molecule has 0 bridgehead atoms. The lowest BCUT2D eigenvalue weighted by molar-refractivity contribution is -0.894. The van der Waals surface area contributed by atoms with E-state index in [1.54, 1.807) is 12.1 Å². The Morgan fingerprint density at radius 2 is 1.74 bits per heavy atom. The number of nitrogens with one attached hydrogen (secondary N) is 1. The molecule has 1 amide bonds. The third kappa shape index (κ3) is 6.36. The predicted octanol–water partition coefficient (Wildman–Crippen LogP) is 6.13. The van der Waals surface area contributed by atoms with Crippen molar-refractivity contribution < 1.29 is 22.4 Å². The zero-order chi connectivity index (χ0) is 24.9. The van der Waals surface area contributed by atoms with Crippen LogP contribution in [0.3, 0.4) is 0 Å². The summed E-state index contributed by atoms with van der Waals surface area (Å²) in [5.41, 5.74) is 1.66. The molecule has 1 N–H and O–H groups in total. The second kappa shape index (κ2) is 10.6. The number of aromatic nitrogens is 1. The Balaban J connectivity index is 0.00000158. The minimum absolute atomic E-state index is 0.00379. The van der Waals surface area contributed by atoms with Crippen molar-refractivity contribution in [2.75, 3.05) is 45.6 Å². The van der Waals surface area contributed by atoms with E-state index in [0.717, 1.165) is 48.4 Å². The molecule has 2 aromatic carbocycles. The van der Waals surface area contributed by atoms with Crippen LogP contribution in [0, 0.1) is 0 Å². The Hall–Kier alpha value is -2.91. The average molecular weight is 492 g/mol. The van der Waals surface area contributed by atoms with Gasteiger partial charge in [0, 0.05) is 22.2 Å². The fourth-order valence-electron chi connectivity index (χ4n) is 3.56. The lowest BCUT2D eigenvalue weighted by Crippen LogP contribution is -2.56. The van der Waals surface area contributed by atoms with Crippen molar-refractivity contribution in [1.29, 1.82) is 0 Å². The number of thiazole rings is 1. The van der Waals surface area contributed by atoms with Gasteiger partial charge in [-0.05, 0) is 30.3 Å². The summed E-state index contributed by atoms with van der Waals surface area (Å²) in [5.74, 6) is 0.00379. The molecule has 1 aromatic heterocycles. The van der Waals surface area contributed by atoms with Gasteiger partial charge in [0.15, 0.2) is 5.13 Å². The largest absolute Gasteiger partial charge is 0.416 e. The Bertz CT molecular complexity index is 1120. The molecule has 9 heteroatoms. The Morgan fingerprint density at radius 1 is 1.06 bits per heavy atom. The van der Waals surface area contributed by atoms with Gasteiger partial charge in [-0.15, -0.1) is 11.3 Å². The number of alkyl halides is 3. The van der Waals surface area contributed by atoms with Crippen LogP contribution in [0.25, 0.3) is 11.3 Å². The number of carbonyl (C=O) groups excluding carboxylic acids is 1. The van der Waals surface area contributed by atoms with Crippen molar-refractivity contribution in [2.24, 2.45) is 0 Å². The molecule has 1 saturated heterocycles. The quantitative estimate of drug-likeness (QED) is 0.447. The second-order valence-electron chi connectivity index (χ2n) is 8.50. The van der Waals surface area contributed by atoms with Crippen molar-refractivity contribution >= 4 is 28.1 Å². The second-order valence-corrected chi connectivity index (χ2v) is 9.36. The molecule has 0 saturated carbocycles. The fourth-order valence-corrected chi connectivity index (χ4v) is 4.30. The van der Waals surface area contributed by atoms with Crippen LogP contribution >= 0.6 is 11.3 Å². The molecule has 3 aromatic rings. The highest BCUT2D eigenvalue weighted by Crippen LogP contribution is 2.33. The van der Waals surface area contributed by atoms with E-state index in [9.17, 15) is 18.0 Å². The molecule has 4 rings (SSSR count). The summed E-state index contributed by atoms with van der Waals surface area (Å²) < 4.78 is 39.7. The summed E-state index contributed by atoms with van der Waals surface area (Å²) in [5, 5.41) is 5.23. The summed E-state index contributed by atoms with van der Waals surface area (Å²) in [6.07, 6.45) is -4.40. The van der Waals surface area contributed by atoms with Gasteiger partial charge in [-0.3, -0.25) is 4.79 Å². The van der Waals surface area contributed by atoms with Crippen molar-refractivity contribution in [2.45, 2.75) is 20.0 Å². The first kappa shape index (κ1) is 25.7. The van der Waals surface area contributed by atoms with Crippen molar-refractivity contribution in [3.05, 3.63) is 65.0 Å². The third-order valence-electron chi connectivity index (χ3n) is 5.59. The maximum atomic E-state index is 13.0. The lowest BCUT2D eigenvalue weighted by Gasteiger charge is -2.39. The van der Waals surface area contributed by atoms with E-state index in [4.69, 9.17) is 0 Å². The van der Waals surface area contributed by atoms with Crippen LogP contribution < -0.4 is 5.32 Å². The number of hydrogen-bond acceptors (Lipinski definition) is 4. The predicted molar refractivity (Wildman–Crippen MR) is 131 cm³/mol. The molecule has 34 heavy (non-hydrogen) atoms. The van der Waals surface area contributed by atoms with Crippen LogP contribution in [0.5, 0.6) is 0 Å². The summed E-state index contributed by atoms with van der Waals surface area (Å²) >= 11 is 1.29. The normalized spacial score (nSPS) is 15.3. The van der Waals surface area contributed by atoms with Crippen molar-refractivity contribution in [3.8, 4) is 11.3 Å². The number of carbonyl (C=O) groups is 1. The minimum atomic E-state index is -4.40. The van der Waals surface area contributed by atoms with Gasteiger partial charge in [0.2, 0.25) is 0 Å². The Labute approximate surface area is 202 Å². The van der Waals surface area contributed by atoms with E-state index >= 15 is 0 Å². The molecule has 0 aliphatic carbocycles. The first-order valence-electron chi connectivity index (χ1n) is 11.2. The average Bonchev–Trinajstić information content (AvgIpc) is 3.28. The fraction of sp³-hybridized carbons (Fsp3) is 0.360. The van der Waals surface area contributed by atoms with Gasteiger partial charge in [0.1, 0.15) is 0 Å². The Kier molecular flexibility index (Phi) is 7.99. The summed E-state index contributed by atoms with van der Waals surface area (Å²) in [6.45, 7) is 7.28. The molecule has 182 valence electrons. The van der Waals surface area contributed by atoms with Crippen LogP contribution in [0.2, 0.25) is 0 Å². The Morgan fingerprint density at radius 3 is 2.41 bits per heavy atom. The number of anilines is 2. The zero-order valence-corrected chi connectivity index (χ0v) is 20.6. The molecule has 2 heterocycles. The maximum absolute atomic E-state index is 13.0. The smallest absolute Gasteiger partial charge is 0.332 e. The summed E-state index contributed by atoms with van der Waals surface area (Å²) in [6, 6.07) is 12.3. The third-order valence-corrected chi connectivity index (χ3v) is 6.35. The number of rotatable bonds is 4. The monoisotopic (exact) mass is 491 g/mol. The number of halogens is 3. The first-order valence-corrected chi connectivity index (χ1v) is 12.1.